The Morgan fingerprint density at radius 3 is 2.25 bits per heavy atom. The van der Waals surface area contributed by atoms with E-state index in [1.54, 1.807) is 4.90 Å². The zero-order chi connectivity index (χ0) is 20.3. The van der Waals surface area contributed by atoms with E-state index < -0.39 is 5.60 Å². The van der Waals surface area contributed by atoms with Crippen molar-refractivity contribution in [1.29, 1.82) is 0 Å². The van der Waals surface area contributed by atoms with Crippen LogP contribution in [0.5, 0.6) is 0 Å². The van der Waals surface area contributed by atoms with E-state index in [4.69, 9.17) is 4.74 Å². The number of rotatable bonds is 5. The fraction of sp³-hybridized carbons (Fsp3) is 0.636. The summed E-state index contributed by atoms with van der Waals surface area (Å²) >= 11 is 0. The molecule has 2 aliphatic rings. The summed E-state index contributed by atoms with van der Waals surface area (Å²) in [7, 11) is 0. The Hall–Kier alpha value is -2.08. The highest BCUT2D eigenvalue weighted by atomic mass is 16.6. The van der Waals surface area contributed by atoms with Gasteiger partial charge >= 0.3 is 6.09 Å². The molecule has 1 N–H and O–H groups in total. The normalized spacial score (nSPS) is 19.2. The Balaban J connectivity index is 1.47. The molecule has 3 rings (SSSR count). The molecule has 6 heteroatoms. The van der Waals surface area contributed by atoms with Crippen molar-refractivity contribution in [2.45, 2.75) is 52.2 Å². The number of carbonyl (C=O) groups is 2. The van der Waals surface area contributed by atoms with Crippen LogP contribution in [0.2, 0.25) is 0 Å². The Morgan fingerprint density at radius 1 is 1.11 bits per heavy atom. The number of aryl methyl sites for hydroxylation is 1. The van der Waals surface area contributed by atoms with E-state index in [0.29, 0.717) is 38.6 Å². The van der Waals surface area contributed by atoms with Crippen LogP contribution in [-0.4, -0.2) is 60.1 Å². The summed E-state index contributed by atoms with van der Waals surface area (Å²) < 4.78 is 5.43. The molecule has 0 bridgehead atoms. The third kappa shape index (κ3) is 5.96. The fourth-order valence-corrected chi connectivity index (χ4v) is 3.51. The molecule has 0 aromatic heterocycles. The molecule has 1 heterocycles. The van der Waals surface area contributed by atoms with Crippen LogP contribution in [0.3, 0.4) is 0 Å². The second kappa shape index (κ2) is 8.52. The summed E-state index contributed by atoms with van der Waals surface area (Å²) in [5.74, 6) is 0.610. The van der Waals surface area contributed by atoms with Gasteiger partial charge in [0, 0.05) is 26.2 Å². The SMILES string of the molecule is Cc1ccc(C(NC(=O)CN2CCN(C(=O)OC(C)(C)C)CC2)C2CC2)cc1. The van der Waals surface area contributed by atoms with Gasteiger partial charge < -0.3 is 15.0 Å². The van der Waals surface area contributed by atoms with Gasteiger partial charge in [0.05, 0.1) is 12.6 Å². The monoisotopic (exact) mass is 387 g/mol. The predicted octanol–water partition coefficient (Wildman–Crippen LogP) is 3.12. The molecule has 154 valence electrons. The van der Waals surface area contributed by atoms with Crippen LogP contribution in [-0.2, 0) is 9.53 Å². The lowest BCUT2D eigenvalue weighted by atomic mass is 10.0. The quantitative estimate of drug-likeness (QED) is 0.843. The van der Waals surface area contributed by atoms with Crippen molar-refractivity contribution in [3.8, 4) is 0 Å². The van der Waals surface area contributed by atoms with Crippen molar-refractivity contribution in [2.75, 3.05) is 32.7 Å². The molecule has 1 saturated carbocycles. The van der Waals surface area contributed by atoms with Gasteiger partial charge in [0.2, 0.25) is 5.91 Å². The highest BCUT2D eigenvalue weighted by Gasteiger charge is 2.34. The number of benzene rings is 1. The molecule has 0 spiro atoms. The van der Waals surface area contributed by atoms with Crippen molar-refractivity contribution >= 4 is 12.0 Å². The first kappa shape index (κ1) is 20.6. The second-order valence-electron chi connectivity index (χ2n) is 9.04. The maximum atomic E-state index is 12.6. The number of amides is 2. The van der Waals surface area contributed by atoms with Gasteiger partial charge in [0.25, 0.3) is 0 Å². The predicted molar refractivity (Wildman–Crippen MR) is 109 cm³/mol. The lowest BCUT2D eigenvalue weighted by molar-refractivity contribution is -0.123. The minimum Gasteiger partial charge on any atom is -0.444 e. The van der Waals surface area contributed by atoms with Gasteiger partial charge in [0.15, 0.2) is 0 Å². The van der Waals surface area contributed by atoms with E-state index in [2.05, 4.69) is 41.4 Å². The Labute approximate surface area is 168 Å². The van der Waals surface area contributed by atoms with Gasteiger partial charge in [-0.25, -0.2) is 4.79 Å². The zero-order valence-corrected chi connectivity index (χ0v) is 17.5. The molecular weight excluding hydrogens is 354 g/mol. The van der Waals surface area contributed by atoms with Crippen molar-refractivity contribution in [2.24, 2.45) is 5.92 Å². The first-order chi connectivity index (χ1) is 13.2. The molecule has 28 heavy (non-hydrogen) atoms. The molecule has 2 amide bonds. The van der Waals surface area contributed by atoms with Crippen molar-refractivity contribution in [3.05, 3.63) is 35.4 Å². The van der Waals surface area contributed by atoms with Crippen LogP contribution in [0.1, 0.15) is 50.8 Å². The summed E-state index contributed by atoms with van der Waals surface area (Å²) in [6, 6.07) is 8.56. The summed E-state index contributed by atoms with van der Waals surface area (Å²) in [5.41, 5.74) is 1.94. The van der Waals surface area contributed by atoms with Gasteiger partial charge in [-0.05, 0) is 52.0 Å². The minimum atomic E-state index is -0.484. The molecule has 1 atom stereocenters. The molecular formula is C22H33N3O3. The average molecular weight is 388 g/mol. The van der Waals surface area contributed by atoms with Gasteiger partial charge in [-0.1, -0.05) is 29.8 Å². The lowest BCUT2D eigenvalue weighted by Gasteiger charge is -2.35. The van der Waals surface area contributed by atoms with Crippen molar-refractivity contribution < 1.29 is 14.3 Å². The smallest absolute Gasteiger partial charge is 0.410 e. The molecule has 1 aliphatic carbocycles. The van der Waals surface area contributed by atoms with E-state index in [9.17, 15) is 9.59 Å². The molecule has 1 aromatic carbocycles. The number of piperazine rings is 1. The van der Waals surface area contributed by atoms with Crippen LogP contribution in [0.15, 0.2) is 24.3 Å². The van der Waals surface area contributed by atoms with E-state index in [1.165, 1.54) is 24.0 Å². The molecule has 1 unspecified atom stereocenters. The van der Waals surface area contributed by atoms with E-state index in [0.717, 1.165) is 0 Å². The highest BCUT2D eigenvalue weighted by molar-refractivity contribution is 5.78. The topological polar surface area (TPSA) is 61.9 Å². The molecule has 6 nitrogen and oxygen atoms in total. The van der Waals surface area contributed by atoms with E-state index in [-0.39, 0.29) is 18.0 Å². The standard InChI is InChI=1S/C22H33N3O3/c1-16-5-7-17(8-6-16)20(18-9-10-18)23-19(26)15-24-11-13-25(14-12-24)21(27)28-22(2,3)4/h5-8,18,20H,9-15H2,1-4H3,(H,23,26). The minimum absolute atomic E-state index is 0.0585. The third-order valence-corrected chi connectivity index (χ3v) is 5.24. The van der Waals surface area contributed by atoms with Gasteiger partial charge in [-0.2, -0.15) is 0 Å². The number of ether oxygens (including phenoxy) is 1. The van der Waals surface area contributed by atoms with Crippen LogP contribution in [0.4, 0.5) is 4.79 Å². The zero-order valence-electron chi connectivity index (χ0n) is 17.5. The summed E-state index contributed by atoms with van der Waals surface area (Å²) in [6.45, 7) is 10.6. The summed E-state index contributed by atoms with van der Waals surface area (Å²) in [6.07, 6.45) is 2.07. The second-order valence-corrected chi connectivity index (χ2v) is 9.04. The fourth-order valence-electron chi connectivity index (χ4n) is 3.51. The Morgan fingerprint density at radius 2 is 1.71 bits per heavy atom. The maximum Gasteiger partial charge on any atom is 0.410 e. The number of hydrogen-bond donors (Lipinski definition) is 1. The third-order valence-electron chi connectivity index (χ3n) is 5.24. The van der Waals surface area contributed by atoms with Gasteiger partial charge in [-0.15, -0.1) is 0 Å². The lowest BCUT2D eigenvalue weighted by Crippen LogP contribution is -2.52. The van der Waals surface area contributed by atoms with E-state index in [1.807, 2.05) is 20.8 Å². The molecule has 0 radical (unpaired) electrons. The van der Waals surface area contributed by atoms with Gasteiger partial charge in [0.1, 0.15) is 5.60 Å². The van der Waals surface area contributed by atoms with Crippen molar-refractivity contribution in [1.82, 2.24) is 15.1 Å². The average Bonchev–Trinajstić information content (AvgIpc) is 3.45. The van der Waals surface area contributed by atoms with Gasteiger partial charge in [-0.3, -0.25) is 9.69 Å². The Bertz CT molecular complexity index is 684. The van der Waals surface area contributed by atoms with Crippen LogP contribution in [0.25, 0.3) is 0 Å². The van der Waals surface area contributed by atoms with Crippen LogP contribution in [0, 0.1) is 12.8 Å². The summed E-state index contributed by atoms with van der Waals surface area (Å²) in [5, 5.41) is 3.24. The molecule has 2 fully saturated rings. The maximum absolute atomic E-state index is 12.6. The molecule has 1 aliphatic heterocycles. The van der Waals surface area contributed by atoms with Crippen molar-refractivity contribution in [3.63, 3.8) is 0 Å². The number of nitrogens with one attached hydrogen (secondary N) is 1. The number of hydrogen-bond acceptors (Lipinski definition) is 4. The van der Waals surface area contributed by atoms with E-state index >= 15 is 0 Å². The number of carbonyl (C=O) groups excluding carboxylic acids is 2. The van der Waals surface area contributed by atoms with Crippen LogP contribution >= 0.6 is 0 Å². The molecule has 1 aromatic rings. The highest BCUT2D eigenvalue weighted by Crippen LogP contribution is 2.41. The summed E-state index contributed by atoms with van der Waals surface area (Å²) in [4.78, 5) is 28.6. The van der Waals surface area contributed by atoms with Crippen LogP contribution < -0.4 is 5.32 Å². The first-order valence-corrected chi connectivity index (χ1v) is 10.3. The first-order valence-electron chi connectivity index (χ1n) is 10.3. The Kier molecular flexibility index (Phi) is 6.28. The molecule has 1 saturated heterocycles. The largest absolute Gasteiger partial charge is 0.444 e. The number of nitrogens with zero attached hydrogens (tertiary/aromatic N) is 2.